The molecular formula is C20H23ClFN5. The van der Waals surface area contributed by atoms with E-state index in [2.05, 4.69) is 25.6 Å². The minimum Gasteiger partial charge on any atom is -0.361 e. The molecular weight excluding hydrogens is 365 g/mol. The standard InChI is InChI=1S/C20H23ClFN5/c1-2-23-20(24-9-7-14-3-6-19(21)27-12-14)25-10-8-15-13-26-18-5-4-16(22)11-17(15)18/h3-6,11-13,26H,2,7-10H2,1H3,(H2,23,24,25). The van der Waals surface area contributed by atoms with Crippen LogP contribution in [-0.4, -0.2) is 35.6 Å². The van der Waals surface area contributed by atoms with Crippen LogP contribution in [0.2, 0.25) is 5.15 Å². The Morgan fingerprint density at radius 2 is 2.11 bits per heavy atom. The first-order chi connectivity index (χ1) is 13.2. The molecule has 142 valence electrons. The van der Waals surface area contributed by atoms with Crippen LogP contribution in [0, 0.1) is 5.82 Å². The second-order valence-electron chi connectivity index (χ2n) is 6.18. The second kappa shape index (κ2) is 9.37. The fraction of sp³-hybridized carbons (Fsp3) is 0.300. The average Bonchev–Trinajstić information content (AvgIpc) is 3.05. The van der Waals surface area contributed by atoms with E-state index in [4.69, 9.17) is 11.6 Å². The lowest BCUT2D eigenvalue weighted by Crippen LogP contribution is -2.38. The zero-order valence-corrected chi connectivity index (χ0v) is 16.0. The minimum atomic E-state index is -0.224. The molecule has 0 radical (unpaired) electrons. The summed E-state index contributed by atoms with van der Waals surface area (Å²) in [5.74, 6) is 0.545. The second-order valence-corrected chi connectivity index (χ2v) is 6.57. The lowest BCUT2D eigenvalue weighted by molar-refractivity contribution is 0.629. The van der Waals surface area contributed by atoms with Gasteiger partial charge >= 0.3 is 0 Å². The van der Waals surface area contributed by atoms with Gasteiger partial charge in [0.1, 0.15) is 11.0 Å². The van der Waals surface area contributed by atoms with Crippen LogP contribution < -0.4 is 10.6 Å². The van der Waals surface area contributed by atoms with Gasteiger partial charge in [-0.05, 0) is 55.2 Å². The van der Waals surface area contributed by atoms with Crippen molar-refractivity contribution in [3.63, 3.8) is 0 Å². The Morgan fingerprint density at radius 1 is 1.22 bits per heavy atom. The number of aliphatic imine (C=N–C) groups is 1. The minimum absolute atomic E-state index is 0.224. The molecule has 0 amide bonds. The Balaban J connectivity index is 1.54. The number of hydrogen-bond donors (Lipinski definition) is 3. The highest BCUT2D eigenvalue weighted by atomic mass is 35.5. The van der Waals surface area contributed by atoms with E-state index in [-0.39, 0.29) is 5.82 Å². The zero-order chi connectivity index (χ0) is 19.1. The number of rotatable bonds is 7. The molecule has 3 N–H and O–H groups in total. The Labute approximate surface area is 163 Å². The molecule has 0 aliphatic heterocycles. The summed E-state index contributed by atoms with van der Waals surface area (Å²) in [7, 11) is 0. The molecule has 5 nitrogen and oxygen atoms in total. The van der Waals surface area contributed by atoms with Crippen LogP contribution in [0.15, 0.2) is 47.7 Å². The van der Waals surface area contributed by atoms with E-state index in [0.29, 0.717) is 11.7 Å². The lowest BCUT2D eigenvalue weighted by Gasteiger charge is -2.11. The SMILES string of the molecule is CCNC(=NCCc1c[nH]c2ccc(F)cc12)NCCc1ccc(Cl)nc1. The molecule has 0 unspecified atom stereocenters. The van der Waals surface area contributed by atoms with Gasteiger partial charge in [0.25, 0.3) is 0 Å². The summed E-state index contributed by atoms with van der Waals surface area (Å²) < 4.78 is 13.5. The molecule has 0 fully saturated rings. The van der Waals surface area contributed by atoms with Gasteiger partial charge in [-0.25, -0.2) is 9.37 Å². The molecule has 0 aliphatic carbocycles. The molecule has 0 atom stereocenters. The normalized spacial score (nSPS) is 11.7. The Morgan fingerprint density at radius 3 is 2.89 bits per heavy atom. The van der Waals surface area contributed by atoms with Crippen molar-refractivity contribution in [2.24, 2.45) is 4.99 Å². The van der Waals surface area contributed by atoms with Gasteiger partial charge < -0.3 is 15.6 Å². The third-order valence-corrected chi connectivity index (χ3v) is 4.44. The highest BCUT2D eigenvalue weighted by Crippen LogP contribution is 2.19. The van der Waals surface area contributed by atoms with Crippen molar-refractivity contribution < 1.29 is 4.39 Å². The molecule has 0 saturated heterocycles. The number of pyridine rings is 1. The quantitative estimate of drug-likeness (QED) is 0.329. The number of fused-ring (bicyclic) bond motifs is 1. The van der Waals surface area contributed by atoms with Crippen LogP contribution in [0.5, 0.6) is 0 Å². The van der Waals surface area contributed by atoms with E-state index < -0.39 is 0 Å². The zero-order valence-electron chi connectivity index (χ0n) is 15.2. The van der Waals surface area contributed by atoms with Crippen molar-refractivity contribution in [1.29, 1.82) is 0 Å². The van der Waals surface area contributed by atoms with Crippen molar-refractivity contribution in [3.05, 3.63) is 64.8 Å². The monoisotopic (exact) mass is 387 g/mol. The van der Waals surface area contributed by atoms with E-state index in [1.807, 2.05) is 19.2 Å². The van der Waals surface area contributed by atoms with Crippen LogP contribution in [0.3, 0.4) is 0 Å². The van der Waals surface area contributed by atoms with Gasteiger partial charge in [-0.2, -0.15) is 0 Å². The number of H-pyrrole nitrogens is 1. The third-order valence-electron chi connectivity index (χ3n) is 4.22. The van der Waals surface area contributed by atoms with Gasteiger partial charge in [0.05, 0.1) is 0 Å². The van der Waals surface area contributed by atoms with E-state index in [9.17, 15) is 4.39 Å². The number of aromatic nitrogens is 2. The molecule has 27 heavy (non-hydrogen) atoms. The predicted octanol–water partition coefficient (Wildman–Crippen LogP) is 3.70. The first-order valence-electron chi connectivity index (χ1n) is 9.04. The van der Waals surface area contributed by atoms with Crippen LogP contribution in [0.1, 0.15) is 18.1 Å². The maximum absolute atomic E-state index is 13.5. The van der Waals surface area contributed by atoms with E-state index in [1.54, 1.807) is 24.4 Å². The van der Waals surface area contributed by atoms with Crippen molar-refractivity contribution >= 4 is 28.5 Å². The van der Waals surface area contributed by atoms with Crippen LogP contribution in [0.25, 0.3) is 10.9 Å². The van der Waals surface area contributed by atoms with Crippen LogP contribution in [-0.2, 0) is 12.8 Å². The first kappa shape index (κ1) is 19.2. The predicted molar refractivity (Wildman–Crippen MR) is 109 cm³/mol. The van der Waals surface area contributed by atoms with Gasteiger partial charge in [-0.1, -0.05) is 17.7 Å². The highest BCUT2D eigenvalue weighted by molar-refractivity contribution is 6.29. The smallest absolute Gasteiger partial charge is 0.191 e. The maximum Gasteiger partial charge on any atom is 0.191 e. The summed E-state index contributed by atoms with van der Waals surface area (Å²) in [5.41, 5.74) is 3.12. The van der Waals surface area contributed by atoms with E-state index >= 15 is 0 Å². The molecule has 0 aliphatic rings. The molecule has 2 heterocycles. The Bertz CT molecular complexity index is 904. The fourth-order valence-corrected chi connectivity index (χ4v) is 2.98. The van der Waals surface area contributed by atoms with Gasteiger partial charge in [0, 0.05) is 42.9 Å². The summed E-state index contributed by atoms with van der Waals surface area (Å²) in [6.07, 6.45) is 5.27. The summed E-state index contributed by atoms with van der Waals surface area (Å²) in [6.45, 7) is 4.17. The Kier molecular flexibility index (Phi) is 6.65. The molecule has 0 bridgehead atoms. The number of aromatic amines is 1. The van der Waals surface area contributed by atoms with E-state index in [1.165, 1.54) is 6.07 Å². The number of nitrogens with one attached hydrogen (secondary N) is 3. The molecule has 2 aromatic heterocycles. The summed E-state index contributed by atoms with van der Waals surface area (Å²) in [6, 6.07) is 8.55. The van der Waals surface area contributed by atoms with Crippen molar-refractivity contribution in [3.8, 4) is 0 Å². The van der Waals surface area contributed by atoms with Crippen molar-refractivity contribution in [2.45, 2.75) is 19.8 Å². The van der Waals surface area contributed by atoms with Gasteiger partial charge in [-0.15, -0.1) is 0 Å². The lowest BCUT2D eigenvalue weighted by atomic mass is 10.1. The Hall–Kier alpha value is -2.60. The highest BCUT2D eigenvalue weighted by Gasteiger charge is 2.05. The molecule has 7 heteroatoms. The fourth-order valence-electron chi connectivity index (χ4n) is 2.87. The summed E-state index contributed by atoms with van der Waals surface area (Å²) in [4.78, 5) is 11.9. The summed E-state index contributed by atoms with van der Waals surface area (Å²) in [5, 5.41) is 7.97. The number of hydrogen-bond acceptors (Lipinski definition) is 2. The van der Waals surface area contributed by atoms with Crippen LogP contribution in [0.4, 0.5) is 4.39 Å². The molecule has 0 spiro atoms. The summed E-state index contributed by atoms with van der Waals surface area (Å²) >= 11 is 5.80. The van der Waals surface area contributed by atoms with Crippen molar-refractivity contribution in [2.75, 3.05) is 19.6 Å². The largest absolute Gasteiger partial charge is 0.361 e. The van der Waals surface area contributed by atoms with Gasteiger partial charge in [0.15, 0.2) is 5.96 Å². The molecule has 3 aromatic rings. The number of halogens is 2. The number of guanidine groups is 1. The number of benzene rings is 1. The third kappa shape index (κ3) is 5.44. The maximum atomic E-state index is 13.5. The molecule has 3 rings (SSSR count). The first-order valence-corrected chi connectivity index (χ1v) is 9.41. The van der Waals surface area contributed by atoms with E-state index in [0.717, 1.165) is 53.9 Å². The van der Waals surface area contributed by atoms with Crippen LogP contribution >= 0.6 is 11.6 Å². The van der Waals surface area contributed by atoms with Crippen molar-refractivity contribution in [1.82, 2.24) is 20.6 Å². The van der Waals surface area contributed by atoms with Gasteiger partial charge in [-0.3, -0.25) is 4.99 Å². The topological polar surface area (TPSA) is 65.1 Å². The molecule has 0 saturated carbocycles. The van der Waals surface area contributed by atoms with Gasteiger partial charge in [0.2, 0.25) is 0 Å². The average molecular weight is 388 g/mol. The number of nitrogens with zero attached hydrogens (tertiary/aromatic N) is 2. The molecule has 1 aromatic carbocycles.